The number of hydrogen-bond acceptors (Lipinski definition) is 2. The largest absolute Gasteiger partial charge is 0.467 e. The van der Waals surface area contributed by atoms with Gasteiger partial charge >= 0.3 is 0 Å². The average Bonchev–Trinajstić information content (AvgIpc) is 2.81. The number of nitrogens with one attached hydrogen (secondary N) is 1. The summed E-state index contributed by atoms with van der Waals surface area (Å²) in [6, 6.07) is 10.7. The standard InChI is InChI=1S/C16H21NO/c1-4-12(2)14-5-7-15(8-6-14)17-11-16-13(3)9-10-18-16/h5-10,12,17H,4,11H2,1-3H3. The Morgan fingerprint density at radius 2 is 1.89 bits per heavy atom. The Bertz CT molecular complexity index is 484. The van der Waals surface area contributed by atoms with E-state index in [0.29, 0.717) is 5.92 Å². The second kappa shape index (κ2) is 5.76. The van der Waals surface area contributed by atoms with Crippen molar-refractivity contribution >= 4 is 5.69 Å². The fourth-order valence-electron chi connectivity index (χ4n) is 1.93. The maximum Gasteiger partial charge on any atom is 0.125 e. The van der Waals surface area contributed by atoms with Crippen LogP contribution in [0.4, 0.5) is 5.69 Å². The van der Waals surface area contributed by atoms with E-state index in [1.165, 1.54) is 17.5 Å². The van der Waals surface area contributed by atoms with Gasteiger partial charge in [-0.3, -0.25) is 0 Å². The molecule has 0 bridgehead atoms. The Morgan fingerprint density at radius 3 is 2.44 bits per heavy atom. The van der Waals surface area contributed by atoms with Crippen molar-refractivity contribution in [3.05, 3.63) is 53.5 Å². The number of benzene rings is 1. The monoisotopic (exact) mass is 243 g/mol. The van der Waals surface area contributed by atoms with E-state index in [2.05, 4.69) is 50.4 Å². The topological polar surface area (TPSA) is 25.2 Å². The zero-order valence-corrected chi connectivity index (χ0v) is 11.4. The van der Waals surface area contributed by atoms with Crippen molar-refractivity contribution in [1.29, 1.82) is 0 Å². The molecule has 2 nitrogen and oxygen atoms in total. The van der Waals surface area contributed by atoms with Crippen LogP contribution in [0.5, 0.6) is 0 Å². The summed E-state index contributed by atoms with van der Waals surface area (Å²) in [7, 11) is 0. The van der Waals surface area contributed by atoms with Gasteiger partial charge < -0.3 is 9.73 Å². The van der Waals surface area contributed by atoms with Crippen LogP contribution >= 0.6 is 0 Å². The molecular formula is C16H21NO. The van der Waals surface area contributed by atoms with Crippen LogP contribution in [-0.4, -0.2) is 0 Å². The van der Waals surface area contributed by atoms with Crippen molar-refractivity contribution in [2.45, 2.75) is 39.7 Å². The summed E-state index contributed by atoms with van der Waals surface area (Å²) < 4.78 is 5.40. The molecule has 1 aromatic heterocycles. The van der Waals surface area contributed by atoms with Crippen molar-refractivity contribution in [1.82, 2.24) is 0 Å². The first kappa shape index (κ1) is 12.7. The molecule has 1 N–H and O–H groups in total. The van der Waals surface area contributed by atoms with Crippen LogP contribution in [0.3, 0.4) is 0 Å². The summed E-state index contributed by atoms with van der Waals surface area (Å²) >= 11 is 0. The zero-order valence-electron chi connectivity index (χ0n) is 11.4. The summed E-state index contributed by atoms with van der Waals surface area (Å²) in [5, 5.41) is 3.38. The van der Waals surface area contributed by atoms with Gasteiger partial charge in [0.05, 0.1) is 12.8 Å². The minimum atomic E-state index is 0.631. The van der Waals surface area contributed by atoms with E-state index in [-0.39, 0.29) is 0 Å². The van der Waals surface area contributed by atoms with Crippen LogP contribution in [0.1, 0.15) is 43.1 Å². The normalized spacial score (nSPS) is 12.4. The minimum absolute atomic E-state index is 0.631. The Balaban J connectivity index is 1.96. The van der Waals surface area contributed by atoms with Crippen LogP contribution in [0, 0.1) is 6.92 Å². The molecule has 0 aliphatic rings. The molecule has 0 saturated carbocycles. The summed E-state index contributed by atoms with van der Waals surface area (Å²) in [4.78, 5) is 0. The molecule has 0 radical (unpaired) electrons. The summed E-state index contributed by atoms with van der Waals surface area (Å²) in [5.41, 5.74) is 3.73. The third-order valence-corrected chi connectivity index (χ3v) is 3.51. The van der Waals surface area contributed by atoms with Crippen molar-refractivity contribution in [3.8, 4) is 0 Å². The summed E-state index contributed by atoms with van der Waals surface area (Å²) in [5.74, 6) is 1.63. The van der Waals surface area contributed by atoms with E-state index in [0.717, 1.165) is 18.0 Å². The molecule has 0 amide bonds. The number of furan rings is 1. The van der Waals surface area contributed by atoms with Crippen molar-refractivity contribution in [2.24, 2.45) is 0 Å². The molecule has 1 heterocycles. The third kappa shape index (κ3) is 2.95. The van der Waals surface area contributed by atoms with Gasteiger partial charge in [-0.15, -0.1) is 0 Å². The molecule has 0 spiro atoms. The molecule has 96 valence electrons. The highest BCUT2D eigenvalue weighted by atomic mass is 16.3. The fourth-order valence-corrected chi connectivity index (χ4v) is 1.93. The van der Waals surface area contributed by atoms with Gasteiger partial charge in [0.2, 0.25) is 0 Å². The Morgan fingerprint density at radius 1 is 1.17 bits per heavy atom. The quantitative estimate of drug-likeness (QED) is 0.822. The van der Waals surface area contributed by atoms with Gasteiger partial charge in [0.15, 0.2) is 0 Å². The lowest BCUT2D eigenvalue weighted by molar-refractivity contribution is 0.515. The zero-order chi connectivity index (χ0) is 13.0. The average molecular weight is 243 g/mol. The Kier molecular flexibility index (Phi) is 4.08. The first-order valence-corrected chi connectivity index (χ1v) is 6.57. The SMILES string of the molecule is CCC(C)c1ccc(NCc2occc2C)cc1. The van der Waals surface area contributed by atoms with E-state index < -0.39 is 0 Å². The van der Waals surface area contributed by atoms with Gasteiger partial charge in [-0.2, -0.15) is 0 Å². The molecule has 0 fully saturated rings. The highest BCUT2D eigenvalue weighted by Crippen LogP contribution is 2.21. The summed E-state index contributed by atoms with van der Waals surface area (Å²) in [6.45, 7) is 7.28. The van der Waals surface area contributed by atoms with E-state index in [1.54, 1.807) is 6.26 Å². The molecule has 1 unspecified atom stereocenters. The first-order chi connectivity index (χ1) is 8.70. The molecule has 1 atom stereocenters. The predicted molar refractivity (Wildman–Crippen MR) is 75.9 cm³/mol. The molecule has 2 heteroatoms. The third-order valence-electron chi connectivity index (χ3n) is 3.51. The van der Waals surface area contributed by atoms with Crippen LogP contribution < -0.4 is 5.32 Å². The second-order valence-corrected chi connectivity index (χ2v) is 4.81. The van der Waals surface area contributed by atoms with E-state index in [9.17, 15) is 0 Å². The molecular weight excluding hydrogens is 222 g/mol. The Labute approximate surface area is 109 Å². The maximum atomic E-state index is 5.40. The predicted octanol–water partition coefficient (Wildman–Crippen LogP) is 4.71. The fraction of sp³-hybridized carbons (Fsp3) is 0.375. The molecule has 2 aromatic rings. The van der Waals surface area contributed by atoms with Gasteiger partial charge in [-0.05, 0) is 48.6 Å². The van der Waals surface area contributed by atoms with Crippen LogP contribution in [-0.2, 0) is 6.54 Å². The minimum Gasteiger partial charge on any atom is -0.467 e. The molecule has 2 rings (SSSR count). The second-order valence-electron chi connectivity index (χ2n) is 4.81. The Hall–Kier alpha value is -1.70. The van der Waals surface area contributed by atoms with Crippen molar-refractivity contribution < 1.29 is 4.42 Å². The number of rotatable bonds is 5. The van der Waals surface area contributed by atoms with Gasteiger partial charge in [0.25, 0.3) is 0 Å². The smallest absolute Gasteiger partial charge is 0.125 e. The van der Waals surface area contributed by atoms with Crippen LogP contribution in [0.2, 0.25) is 0 Å². The van der Waals surface area contributed by atoms with Crippen molar-refractivity contribution in [3.63, 3.8) is 0 Å². The molecule has 0 saturated heterocycles. The lowest BCUT2D eigenvalue weighted by atomic mass is 9.99. The molecule has 0 aliphatic heterocycles. The number of anilines is 1. The van der Waals surface area contributed by atoms with E-state index in [1.807, 2.05) is 6.07 Å². The van der Waals surface area contributed by atoms with Gasteiger partial charge in [0, 0.05) is 5.69 Å². The number of aryl methyl sites for hydroxylation is 1. The van der Waals surface area contributed by atoms with Gasteiger partial charge in [-0.1, -0.05) is 26.0 Å². The van der Waals surface area contributed by atoms with Gasteiger partial charge in [0.1, 0.15) is 5.76 Å². The summed E-state index contributed by atoms with van der Waals surface area (Å²) in [6.07, 6.45) is 2.91. The maximum absolute atomic E-state index is 5.40. The molecule has 18 heavy (non-hydrogen) atoms. The van der Waals surface area contributed by atoms with E-state index in [4.69, 9.17) is 4.42 Å². The van der Waals surface area contributed by atoms with E-state index >= 15 is 0 Å². The van der Waals surface area contributed by atoms with Crippen molar-refractivity contribution in [2.75, 3.05) is 5.32 Å². The van der Waals surface area contributed by atoms with Crippen LogP contribution in [0.25, 0.3) is 0 Å². The molecule has 0 aliphatic carbocycles. The highest BCUT2D eigenvalue weighted by molar-refractivity contribution is 5.45. The highest BCUT2D eigenvalue weighted by Gasteiger charge is 2.04. The number of hydrogen-bond donors (Lipinski definition) is 1. The van der Waals surface area contributed by atoms with Crippen LogP contribution in [0.15, 0.2) is 41.0 Å². The first-order valence-electron chi connectivity index (χ1n) is 6.57. The lowest BCUT2D eigenvalue weighted by Crippen LogP contribution is -2.00. The van der Waals surface area contributed by atoms with Gasteiger partial charge in [-0.25, -0.2) is 0 Å². The molecule has 1 aromatic carbocycles. The lowest BCUT2D eigenvalue weighted by Gasteiger charge is -2.10.